The molecule has 4 heterocycles. The van der Waals surface area contributed by atoms with E-state index in [9.17, 15) is 19.2 Å². The fourth-order valence-electron chi connectivity index (χ4n) is 5.32. The number of anilines is 1. The predicted molar refractivity (Wildman–Crippen MR) is 117 cm³/mol. The summed E-state index contributed by atoms with van der Waals surface area (Å²) in [5.41, 5.74) is 0.385. The molecule has 1 aromatic carbocycles. The zero-order valence-electron chi connectivity index (χ0n) is 18.4. The van der Waals surface area contributed by atoms with Crippen LogP contribution >= 0.6 is 0 Å². The first-order valence-corrected chi connectivity index (χ1v) is 11.7. The summed E-state index contributed by atoms with van der Waals surface area (Å²) < 4.78 is 15.0. The third kappa shape index (κ3) is 4.13. The van der Waals surface area contributed by atoms with Crippen molar-refractivity contribution in [2.75, 3.05) is 50.7 Å². The lowest BCUT2D eigenvalue weighted by Crippen LogP contribution is -2.54. The number of halogens is 1. The molecular weight excluding hydrogens is 429 g/mol. The maximum Gasteiger partial charge on any atom is 0.262 e. The first kappa shape index (κ1) is 22.0. The standard InChI is InChI=1S/C23H28FN5O4/c24-17-11-15-16(23(33)29(22(15)32)18-1-2-20(30)26-21(18)31)12-19(17)28-9-7-27(8-10-28)13-14-3-5-25-6-4-14/h11-12,14,18,25H,1-10,13H2,(H,26,30,31)/t18-/m1/s1. The molecule has 0 radical (unpaired) electrons. The fourth-order valence-corrected chi connectivity index (χ4v) is 5.32. The van der Waals surface area contributed by atoms with Gasteiger partial charge in [0.05, 0.1) is 16.8 Å². The van der Waals surface area contributed by atoms with Gasteiger partial charge in [0.25, 0.3) is 11.8 Å². The largest absolute Gasteiger partial charge is 0.367 e. The highest BCUT2D eigenvalue weighted by atomic mass is 19.1. The second-order valence-corrected chi connectivity index (χ2v) is 9.28. The van der Waals surface area contributed by atoms with E-state index in [0.717, 1.165) is 43.7 Å². The minimum atomic E-state index is -1.06. The van der Waals surface area contributed by atoms with E-state index >= 15 is 4.39 Å². The molecule has 4 aliphatic rings. The van der Waals surface area contributed by atoms with Crippen molar-refractivity contribution in [3.8, 4) is 0 Å². The van der Waals surface area contributed by atoms with Crippen molar-refractivity contribution in [1.82, 2.24) is 20.4 Å². The Balaban J connectivity index is 1.29. The van der Waals surface area contributed by atoms with Gasteiger partial charge in [0.1, 0.15) is 11.9 Å². The number of fused-ring (bicyclic) bond motifs is 1. The third-order valence-electron chi connectivity index (χ3n) is 7.20. The molecule has 0 saturated carbocycles. The van der Waals surface area contributed by atoms with Gasteiger partial charge >= 0.3 is 0 Å². The van der Waals surface area contributed by atoms with Crippen LogP contribution in [0.2, 0.25) is 0 Å². The number of piperazine rings is 1. The van der Waals surface area contributed by atoms with Gasteiger partial charge in [-0.25, -0.2) is 4.39 Å². The highest BCUT2D eigenvalue weighted by molar-refractivity contribution is 6.23. The summed E-state index contributed by atoms with van der Waals surface area (Å²) in [6, 6.07) is 1.50. The van der Waals surface area contributed by atoms with Crippen molar-refractivity contribution in [1.29, 1.82) is 0 Å². The Bertz CT molecular complexity index is 1000. The van der Waals surface area contributed by atoms with E-state index < -0.39 is 35.5 Å². The summed E-state index contributed by atoms with van der Waals surface area (Å²) in [5.74, 6) is -2.27. The number of hydrogen-bond acceptors (Lipinski definition) is 7. The zero-order chi connectivity index (χ0) is 23.1. The second-order valence-electron chi connectivity index (χ2n) is 9.28. The van der Waals surface area contributed by atoms with Crippen molar-refractivity contribution in [2.24, 2.45) is 5.92 Å². The Kier molecular flexibility index (Phi) is 5.88. The molecule has 10 heteroatoms. The molecule has 0 unspecified atom stereocenters. The number of piperidine rings is 2. The molecule has 0 aromatic heterocycles. The van der Waals surface area contributed by atoms with Gasteiger partial charge in [-0.2, -0.15) is 0 Å². The average Bonchev–Trinajstić information content (AvgIpc) is 3.04. The summed E-state index contributed by atoms with van der Waals surface area (Å²) in [6.07, 6.45) is 2.48. The van der Waals surface area contributed by atoms with Crippen LogP contribution in [0.4, 0.5) is 10.1 Å². The normalized spacial score (nSPS) is 24.9. The molecule has 1 aromatic rings. The van der Waals surface area contributed by atoms with Gasteiger partial charge < -0.3 is 10.2 Å². The van der Waals surface area contributed by atoms with E-state index in [1.165, 1.54) is 18.9 Å². The van der Waals surface area contributed by atoms with Crippen molar-refractivity contribution >= 4 is 29.3 Å². The van der Waals surface area contributed by atoms with Gasteiger partial charge in [-0.15, -0.1) is 0 Å². The second kappa shape index (κ2) is 8.83. The number of benzene rings is 1. The number of carbonyl (C=O) groups excluding carboxylic acids is 4. The lowest BCUT2D eigenvalue weighted by atomic mass is 9.97. The van der Waals surface area contributed by atoms with E-state index in [4.69, 9.17) is 0 Å². The van der Waals surface area contributed by atoms with Crippen LogP contribution < -0.4 is 15.5 Å². The SMILES string of the molecule is O=C1CC[C@@H](N2C(=O)c3cc(F)c(N4CCN(CC5CCNCC5)CC4)cc3C2=O)C(=O)N1. The first-order valence-electron chi connectivity index (χ1n) is 11.7. The van der Waals surface area contributed by atoms with Gasteiger partial charge in [-0.05, 0) is 50.4 Å². The van der Waals surface area contributed by atoms with Crippen LogP contribution in [0.3, 0.4) is 0 Å². The molecule has 4 amide bonds. The summed E-state index contributed by atoms with van der Waals surface area (Å²) in [4.78, 5) is 54.7. The quantitative estimate of drug-likeness (QED) is 0.629. The number of rotatable bonds is 4. The van der Waals surface area contributed by atoms with Gasteiger partial charge in [0.15, 0.2) is 0 Å². The summed E-state index contributed by atoms with van der Waals surface area (Å²) >= 11 is 0. The summed E-state index contributed by atoms with van der Waals surface area (Å²) in [7, 11) is 0. The van der Waals surface area contributed by atoms with E-state index in [0.29, 0.717) is 24.7 Å². The Hall–Kier alpha value is -2.85. The topological polar surface area (TPSA) is 102 Å². The first-order chi connectivity index (χ1) is 15.9. The highest BCUT2D eigenvalue weighted by Gasteiger charge is 2.45. The Labute approximate surface area is 191 Å². The van der Waals surface area contributed by atoms with Gasteiger partial charge in [-0.1, -0.05) is 0 Å². The van der Waals surface area contributed by atoms with Crippen molar-refractivity contribution < 1.29 is 23.6 Å². The van der Waals surface area contributed by atoms with E-state index in [1.807, 2.05) is 4.90 Å². The number of nitrogens with zero attached hydrogens (tertiary/aromatic N) is 3. The molecule has 4 aliphatic heterocycles. The molecule has 0 aliphatic carbocycles. The molecule has 176 valence electrons. The Morgan fingerprint density at radius 2 is 1.58 bits per heavy atom. The Morgan fingerprint density at radius 3 is 2.24 bits per heavy atom. The van der Waals surface area contributed by atoms with Gasteiger partial charge in [0, 0.05) is 39.1 Å². The summed E-state index contributed by atoms with van der Waals surface area (Å²) in [6.45, 7) is 6.09. The minimum absolute atomic E-state index is 0.0320. The van der Waals surface area contributed by atoms with Crippen LogP contribution in [0.15, 0.2) is 12.1 Å². The average molecular weight is 458 g/mol. The number of carbonyl (C=O) groups is 4. The van der Waals surface area contributed by atoms with Crippen LogP contribution in [0.1, 0.15) is 46.4 Å². The van der Waals surface area contributed by atoms with E-state index in [1.54, 1.807) is 0 Å². The molecule has 3 saturated heterocycles. The lowest BCUT2D eigenvalue weighted by Gasteiger charge is -2.38. The molecular formula is C23H28FN5O4. The molecule has 1 atom stereocenters. The maximum absolute atomic E-state index is 15.0. The smallest absolute Gasteiger partial charge is 0.262 e. The predicted octanol–water partition coefficient (Wildman–Crippen LogP) is 0.349. The van der Waals surface area contributed by atoms with Gasteiger partial charge in [-0.3, -0.25) is 34.3 Å². The molecule has 3 fully saturated rings. The zero-order valence-corrected chi connectivity index (χ0v) is 18.4. The van der Waals surface area contributed by atoms with Crippen molar-refractivity contribution in [3.05, 3.63) is 29.1 Å². The molecule has 2 N–H and O–H groups in total. The minimum Gasteiger partial charge on any atom is -0.367 e. The third-order valence-corrected chi connectivity index (χ3v) is 7.20. The number of imide groups is 2. The summed E-state index contributed by atoms with van der Waals surface area (Å²) in [5, 5.41) is 5.55. The lowest BCUT2D eigenvalue weighted by molar-refractivity contribution is -0.136. The van der Waals surface area contributed by atoms with Crippen LogP contribution in [-0.2, 0) is 9.59 Å². The molecule has 9 nitrogen and oxygen atoms in total. The van der Waals surface area contributed by atoms with Crippen molar-refractivity contribution in [3.63, 3.8) is 0 Å². The van der Waals surface area contributed by atoms with E-state index in [-0.39, 0.29) is 24.0 Å². The van der Waals surface area contributed by atoms with E-state index in [2.05, 4.69) is 15.5 Å². The molecule has 33 heavy (non-hydrogen) atoms. The van der Waals surface area contributed by atoms with Crippen LogP contribution in [0, 0.1) is 11.7 Å². The monoisotopic (exact) mass is 457 g/mol. The van der Waals surface area contributed by atoms with Crippen molar-refractivity contribution in [2.45, 2.75) is 31.7 Å². The number of nitrogens with one attached hydrogen (secondary N) is 2. The van der Waals surface area contributed by atoms with Crippen LogP contribution in [0.25, 0.3) is 0 Å². The number of amides is 4. The fraction of sp³-hybridized carbons (Fsp3) is 0.565. The maximum atomic E-state index is 15.0. The molecule has 0 spiro atoms. The Morgan fingerprint density at radius 1 is 0.909 bits per heavy atom. The highest BCUT2D eigenvalue weighted by Crippen LogP contribution is 2.33. The van der Waals surface area contributed by atoms with Crippen LogP contribution in [0.5, 0.6) is 0 Å². The molecule has 0 bridgehead atoms. The number of hydrogen-bond donors (Lipinski definition) is 2. The van der Waals surface area contributed by atoms with Crippen LogP contribution in [-0.4, -0.2) is 85.3 Å². The molecule has 5 rings (SSSR count). The van der Waals surface area contributed by atoms with Gasteiger partial charge in [0.2, 0.25) is 11.8 Å².